The number of carbonyl (C=O) groups is 1. The van der Waals surface area contributed by atoms with Gasteiger partial charge in [-0.1, -0.05) is 30.3 Å². The van der Waals surface area contributed by atoms with Crippen LogP contribution in [0.25, 0.3) is 0 Å². The summed E-state index contributed by atoms with van der Waals surface area (Å²) >= 11 is 1.50. The third kappa shape index (κ3) is 4.95. The highest BCUT2D eigenvalue weighted by Gasteiger charge is 2.28. The SMILES string of the molecule is O=C(c1cccnc1SCc1ccc(F)cc1)N1CCC(Nc2ccccc2)C1. The van der Waals surface area contributed by atoms with Gasteiger partial charge in [0.2, 0.25) is 0 Å². The van der Waals surface area contributed by atoms with Crippen LogP contribution in [-0.2, 0) is 5.75 Å². The van der Waals surface area contributed by atoms with Crippen LogP contribution >= 0.6 is 11.8 Å². The Labute approximate surface area is 174 Å². The number of carbonyl (C=O) groups excluding carboxylic acids is 1. The first-order chi connectivity index (χ1) is 14.2. The minimum Gasteiger partial charge on any atom is -0.380 e. The highest BCUT2D eigenvalue weighted by atomic mass is 32.2. The number of likely N-dealkylation sites (tertiary alicyclic amines) is 1. The fourth-order valence-corrected chi connectivity index (χ4v) is 4.35. The van der Waals surface area contributed by atoms with Crippen LogP contribution in [0, 0.1) is 5.82 Å². The third-order valence-electron chi connectivity index (χ3n) is 4.91. The summed E-state index contributed by atoms with van der Waals surface area (Å²) in [5, 5.41) is 4.21. The van der Waals surface area contributed by atoms with Crippen molar-refractivity contribution in [1.82, 2.24) is 9.88 Å². The Hall–Kier alpha value is -2.86. The highest BCUT2D eigenvalue weighted by Crippen LogP contribution is 2.26. The number of aromatic nitrogens is 1. The molecule has 0 aliphatic carbocycles. The molecule has 6 heteroatoms. The van der Waals surface area contributed by atoms with E-state index in [1.165, 1.54) is 23.9 Å². The molecule has 1 N–H and O–H groups in total. The van der Waals surface area contributed by atoms with Crippen molar-refractivity contribution >= 4 is 23.4 Å². The predicted octanol–water partition coefficient (Wildman–Crippen LogP) is 4.84. The lowest BCUT2D eigenvalue weighted by Crippen LogP contribution is -2.32. The van der Waals surface area contributed by atoms with Gasteiger partial charge in [0.25, 0.3) is 5.91 Å². The lowest BCUT2D eigenvalue weighted by Gasteiger charge is -2.19. The number of hydrogen-bond donors (Lipinski definition) is 1. The molecular weight excluding hydrogens is 385 g/mol. The van der Waals surface area contributed by atoms with E-state index in [0.717, 1.165) is 24.2 Å². The van der Waals surface area contributed by atoms with E-state index >= 15 is 0 Å². The molecule has 4 nitrogen and oxygen atoms in total. The van der Waals surface area contributed by atoms with E-state index in [4.69, 9.17) is 0 Å². The Kier molecular flexibility index (Phi) is 6.10. The Bertz CT molecular complexity index is 965. The largest absolute Gasteiger partial charge is 0.380 e. The lowest BCUT2D eigenvalue weighted by atomic mass is 10.2. The number of para-hydroxylation sites is 1. The first kappa shape index (κ1) is 19.5. The van der Waals surface area contributed by atoms with Crippen molar-refractivity contribution in [1.29, 1.82) is 0 Å². The number of anilines is 1. The second kappa shape index (κ2) is 9.09. The molecule has 0 saturated carbocycles. The van der Waals surface area contributed by atoms with Crippen molar-refractivity contribution in [3.63, 3.8) is 0 Å². The fourth-order valence-electron chi connectivity index (χ4n) is 3.40. The Morgan fingerprint density at radius 3 is 2.69 bits per heavy atom. The molecule has 2 heterocycles. The number of rotatable bonds is 6. The summed E-state index contributed by atoms with van der Waals surface area (Å²) < 4.78 is 13.1. The molecule has 2 aromatic carbocycles. The van der Waals surface area contributed by atoms with E-state index in [2.05, 4.69) is 10.3 Å². The summed E-state index contributed by atoms with van der Waals surface area (Å²) in [4.78, 5) is 19.4. The van der Waals surface area contributed by atoms with Crippen LogP contribution in [-0.4, -0.2) is 34.9 Å². The van der Waals surface area contributed by atoms with E-state index in [1.807, 2.05) is 41.3 Å². The Morgan fingerprint density at radius 2 is 1.90 bits per heavy atom. The molecule has 1 aliphatic rings. The molecule has 0 radical (unpaired) electrons. The van der Waals surface area contributed by atoms with Crippen molar-refractivity contribution in [2.75, 3.05) is 18.4 Å². The lowest BCUT2D eigenvalue weighted by molar-refractivity contribution is 0.0787. The van der Waals surface area contributed by atoms with Crippen molar-refractivity contribution in [2.45, 2.75) is 23.2 Å². The Balaban J connectivity index is 1.40. The van der Waals surface area contributed by atoms with Crippen LogP contribution in [0.3, 0.4) is 0 Å². The van der Waals surface area contributed by atoms with Crippen LogP contribution < -0.4 is 5.32 Å². The number of amides is 1. The van der Waals surface area contributed by atoms with E-state index < -0.39 is 0 Å². The van der Waals surface area contributed by atoms with Crippen molar-refractivity contribution < 1.29 is 9.18 Å². The molecule has 0 spiro atoms. The highest BCUT2D eigenvalue weighted by molar-refractivity contribution is 7.98. The van der Waals surface area contributed by atoms with E-state index in [9.17, 15) is 9.18 Å². The van der Waals surface area contributed by atoms with Gasteiger partial charge in [0.15, 0.2) is 0 Å². The first-order valence-electron chi connectivity index (χ1n) is 9.62. The van der Waals surface area contributed by atoms with E-state index in [1.54, 1.807) is 24.4 Å². The summed E-state index contributed by atoms with van der Waals surface area (Å²) in [6.07, 6.45) is 2.62. The van der Waals surface area contributed by atoms with Crippen LogP contribution in [0.4, 0.5) is 10.1 Å². The van der Waals surface area contributed by atoms with Crippen molar-refractivity contribution in [2.24, 2.45) is 0 Å². The minimum atomic E-state index is -0.250. The predicted molar refractivity (Wildman–Crippen MR) is 115 cm³/mol. The zero-order valence-corrected chi connectivity index (χ0v) is 16.7. The van der Waals surface area contributed by atoms with Crippen LogP contribution in [0.5, 0.6) is 0 Å². The summed E-state index contributed by atoms with van der Waals surface area (Å²) in [6, 6.07) is 20.4. The van der Waals surface area contributed by atoms with Gasteiger partial charge in [0.05, 0.1) is 5.56 Å². The smallest absolute Gasteiger partial charge is 0.256 e. The standard InChI is InChI=1S/C23H22FN3OS/c24-18-10-8-17(9-11-18)16-29-22-21(7-4-13-25-22)23(28)27-14-12-20(15-27)26-19-5-2-1-3-6-19/h1-11,13,20,26H,12,14-16H2. The second-order valence-electron chi connectivity index (χ2n) is 7.02. The van der Waals surface area contributed by atoms with Crippen molar-refractivity contribution in [3.8, 4) is 0 Å². The molecule has 1 aliphatic heterocycles. The normalized spacial score (nSPS) is 16.0. The molecule has 1 fully saturated rings. The van der Waals surface area contributed by atoms with E-state index in [-0.39, 0.29) is 17.8 Å². The number of hydrogen-bond acceptors (Lipinski definition) is 4. The van der Waals surface area contributed by atoms with Gasteiger partial charge >= 0.3 is 0 Å². The van der Waals surface area contributed by atoms with Crippen molar-refractivity contribution in [3.05, 3.63) is 89.9 Å². The number of thioether (sulfide) groups is 1. The molecule has 29 heavy (non-hydrogen) atoms. The van der Waals surface area contributed by atoms with Crippen LogP contribution in [0.15, 0.2) is 78.0 Å². The molecule has 1 saturated heterocycles. The molecule has 3 aromatic rings. The average molecular weight is 408 g/mol. The number of halogens is 1. The maximum atomic E-state index is 13.1. The van der Waals surface area contributed by atoms with Gasteiger partial charge in [0.1, 0.15) is 10.8 Å². The van der Waals surface area contributed by atoms with Crippen LogP contribution in [0.1, 0.15) is 22.3 Å². The maximum Gasteiger partial charge on any atom is 0.256 e. The molecule has 1 unspecified atom stereocenters. The zero-order valence-electron chi connectivity index (χ0n) is 15.9. The summed E-state index contributed by atoms with van der Waals surface area (Å²) in [5.74, 6) is 0.396. The monoisotopic (exact) mass is 407 g/mol. The second-order valence-corrected chi connectivity index (χ2v) is 7.98. The average Bonchev–Trinajstić information content (AvgIpc) is 3.22. The molecule has 1 atom stereocenters. The van der Waals surface area contributed by atoms with Gasteiger partial charge in [-0.05, 0) is 48.4 Å². The first-order valence-corrected chi connectivity index (χ1v) is 10.6. The Morgan fingerprint density at radius 1 is 1.10 bits per heavy atom. The molecule has 1 amide bonds. The number of pyridine rings is 1. The third-order valence-corrected chi connectivity index (χ3v) is 5.99. The van der Waals surface area contributed by atoms with E-state index in [0.29, 0.717) is 22.9 Å². The van der Waals surface area contributed by atoms with Gasteiger partial charge < -0.3 is 10.2 Å². The minimum absolute atomic E-state index is 0.0112. The molecule has 1 aromatic heterocycles. The topological polar surface area (TPSA) is 45.2 Å². The van der Waals surface area contributed by atoms with Gasteiger partial charge in [-0.25, -0.2) is 9.37 Å². The fraction of sp³-hybridized carbons (Fsp3) is 0.217. The molecule has 4 rings (SSSR count). The molecule has 0 bridgehead atoms. The number of nitrogens with zero attached hydrogens (tertiary/aromatic N) is 2. The summed E-state index contributed by atoms with van der Waals surface area (Å²) in [6.45, 7) is 1.39. The zero-order chi connectivity index (χ0) is 20.1. The summed E-state index contributed by atoms with van der Waals surface area (Å²) in [7, 11) is 0. The van der Waals surface area contributed by atoms with Gasteiger partial charge in [-0.2, -0.15) is 0 Å². The summed E-state index contributed by atoms with van der Waals surface area (Å²) in [5.41, 5.74) is 2.69. The van der Waals surface area contributed by atoms with Gasteiger partial charge in [0, 0.05) is 36.8 Å². The number of nitrogens with one attached hydrogen (secondary N) is 1. The maximum absolute atomic E-state index is 13.1. The van der Waals surface area contributed by atoms with Crippen LogP contribution in [0.2, 0.25) is 0 Å². The molecule has 148 valence electrons. The van der Waals surface area contributed by atoms with Gasteiger partial charge in [-0.3, -0.25) is 4.79 Å². The quantitative estimate of drug-likeness (QED) is 0.594. The van der Waals surface area contributed by atoms with Gasteiger partial charge in [-0.15, -0.1) is 11.8 Å². The molecular formula is C23H22FN3OS. The number of benzene rings is 2.